The minimum Gasteiger partial charge on any atom is -0.469 e. The van der Waals surface area contributed by atoms with Crippen molar-refractivity contribution in [2.24, 2.45) is 0 Å². The van der Waals surface area contributed by atoms with Crippen LogP contribution < -0.4 is 0 Å². The standard InChI is InChI=1S/C23H36N4O4S/c1-31-22(28)19-15-10-8-6-4-2-3-5-7-9-11-16-20-32(29,30)23-24-25-26-27(23)21-17-13-12-14-18-21/h12-14,17-18H,2-11,15-16,19-20H2,1H3. The van der Waals surface area contributed by atoms with Crippen molar-refractivity contribution in [3.8, 4) is 5.69 Å². The average Bonchev–Trinajstić information content (AvgIpc) is 3.31. The topological polar surface area (TPSA) is 104 Å². The Morgan fingerprint density at radius 3 is 1.94 bits per heavy atom. The van der Waals surface area contributed by atoms with E-state index in [0.29, 0.717) is 18.5 Å². The summed E-state index contributed by atoms with van der Waals surface area (Å²) in [5, 5.41) is 11.0. The molecule has 0 unspecified atom stereocenters. The van der Waals surface area contributed by atoms with Gasteiger partial charge in [0.25, 0.3) is 5.16 Å². The first-order chi connectivity index (χ1) is 15.5. The average molecular weight is 465 g/mol. The van der Waals surface area contributed by atoms with Crippen LogP contribution in [0.2, 0.25) is 0 Å². The molecule has 0 amide bonds. The van der Waals surface area contributed by atoms with Gasteiger partial charge in [-0.15, -0.1) is 0 Å². The molecule has 178 valence electrons. The highest BCUT2D eigenvalue weighted by Gasteiger charge is 2.23. The lowest BCUT2D eigenvalue weighted by Gasteiger charge is -2.06. The zero-order valence-electron chi connectivity index (χ0n) is 19.1. The summed E-state index contributed by atoms with van der Waals surface area (Å²) >= 11 is 0. The maximum atomic E-state index is 12.7. The summed E-state index contributed by atoms with van der Waals surface area (Å²) in [5.41, 5.74) is 0.636. The molecular weight excluding hydrogens is 428 g/mol. The normalized spacial score (nSPS) is 11.5. The number of rotatable bonds is 17. The van der Waals surface area contributed by atoms with Gasteiger partial charge in [0.05, 0.1) is 18.6 Å². The number of unbranched alkanes of at least 4 members (excludes halogenated alkanes) is 11. The fraction of sp³-hybridized carbons (Fsp3) is 0.652. The van der Waals surface area contributed by atoms with Crippen LogP contribution in [0.5, 0.6) is 0 Å². The molecule has 2 rings (SSSR count). The molecule has 8 nitrogen and oxygen atoms in total. The number of carbonyl (C=O) groups is 1. The van der Waals surface area contributed by atoms with Crippen molar-refractivity contribution in [1.82, 2.24) is 20.2 Å². The van der Waals surface area contributed by atoms with Gasteiger partial charge >= 0.3 is 5.97 Å². The smallest absolute Gasteiger partial charge is 0.305 e. The number of para-hydroxylation sites is 1. The molecule has 32 heavy (non-hydrogen) atoms. The maximum absolute atomic E-state index is 12.7. The molecule has 0 fully saturated rings. The molecule has 0 spiro atoms. The van der Waals surface area contributed by atoms with Gasteiger partial charge in [-0.25, -0.2) is 8.42 Å². The van der Waals surface area contributed by atoms with E-state index >= 15 is 0 Å². The van der Waals surface area contributed by atoms with Crippen LogP contribution in [0.3, 0.4) is 0 Å². The van der Waals surface area contributed by atoms with Gasteiger partial charge in [0.2, 0.25) is 9.84 Å². The zero-order valence-corrected chi connectivity index (χ0v) is 19.9. The second-order valence-electron chi connectivity index (χ2n) is 8.10. The van der Waals surface area contributed by atoms with E-state index in [2.05, 4.69) is 20.3 Å². The molecule has 0 N–H and O–H groups in total. The number of ether oxygens (including phenoxy) is 1. The summed E-state index contributed by atoms with van der Waals surface area (Å²) in [7, 11) is -2.08. The van der Waals surface area contributed by atoms with Crippen molar-refractivity contribution in [3.63, 3.8) is 0 Å². The lowest BCUT2D eigenvalue weighted by Crippen LogP contribution is -2.14. The summed E-state index contributed by atoms with van der Waals surface area (Å²) < 4.78 is 31.2. The first kappa shape index (κ1) is 26.0. The quantitative estimate of drug-likeness (QED) is 0.247. The number of methoxy groups -OCH3 is 1. The highest BCUT2D eigenvalue weighted by atomic mass is 32.2. The minimum absolute atomic E-state index is 0.0657. The fourth-order valence-electron chi connectivity index (χ4n) is 3.63. The van der Waals surface area contributed by atoms with Crippen molar-refractivity contribution in [2.45, 2.75) is 88.6 Å². The number of sulfone groups is 1. The predicted octanol–water partition coefficient (Wildman–Crippen LogP) is 4.68. The van der Waals surface area contributed by atoms with Crippen molar-refractivity contribution in [1.29, 1.82) is 0 Å². The van der Waals surface area contributed by atoms with E-state index in [1.807, 2.05) is 18.2 Å². The van der Waals surface area contributed by atoms with Crippen LogP contribution in [-0.2, 0) is 19.4 Å². The predicted molar refractivity (Wildman–Crippen MR) is 123 cm³/mol. The zero-order chi connectivity index (χ0) is 23.1. The van der Waals surface area contributed by atoms with Gasteiger partial charge in [-0.3, -0.25) is 4.79 Å². The molecule has 2 aromatic rings. The number of tetrazole rings is 1. The van der Waals surface area contributed by atoms with Crippen molar-refractivity contribution in [2.75, 3.05) is 12.9 Å². The van der Waals surface area contributed by atoms with Gasteiger partial charge in [-0.05, 0) is 35.4 Å². The second-order valence-corrected chi connectivity index (χ2v) is 10.1. The number of benzene rings is 1. The first-order valence-electron chi connectivity index (χ1n) is 11.7. The molecular formula is C23H36N4O4S. The molecule has 0 aliphatic rings. The summed E-state index contributed by atoms with van der Waals surface area (Å²) in [6.07, 6.45) is 13.6. The third kappa shape index (κ3) is 9.46. The largest absolute Gasteiger partial charge is 0.469 e. The van der Waals surface area contributed by atoms with E-state index in [9.17, 15) is 13.2 Å². The molecule has 0 aliphatic heterocycles. The second kappa shape index (κ2) is 14.7. The van der Waals surface area contributed by atoms with Crippen molar-refractivity contribution < 1.29 is 17.9 Å². The Labute approximate surface area is 191 Å². The molecule has 0 saturated heterocycles. The molecule has 0 saturated carbocycles. The molecule has 0 aliphatic carbocycles. The third-order valence-corrected chi connectivity index (χ3v) is 7.13. The Hall–Kier alpha value is -2.29. The minimum atomic E-state index is -3.52. The SMILES string of the molecule is COC(=O)CCCCCCCCCCCCCCS(=O)(=O)c1nnnn1-c1ccccc1. The molecule has 0 bridgehead atoms. The van der Waals surface area contributed by atoms with E-state index in [-0.39, 0.29) is 16.9 Å². The Morgan fingerprint density at radius 2 is 1.38 bits per heavy atom. The fourth-order valence-corrected chi connectivity index (χ4v) is 4.96. The van der Waals surface area contributed by atoms with Gasteiger partial charge < -0.3 is 4.74 Å². The number of aromatic nitrogens is 4. The maximum Gasteiger partial charge on any atom is 0.305 e. The van der Waals surface area contributed by atoms with Crippen LogP contribution in [0.25, 0.3) is 5.69 Å². The number of hydrogen-bond acceptors (Lipinski definition) is 7. The van der Waals surface area contributed by atoms with Gasteiger partial charge in [-0.1, -0.05) is 87.5 Å². The summed E-state index contributed by atoms with van der Waals surface area (Å²) in [5.74, 6) is -0.0500. The number of nitrogens with zero attached hydrogens (tertiary/aromatic N) is 4. The first-order valence-corrected chi connectivity index (χ1v) is 13.3. The van der Waals surface area contributed by atoms with E-state index in [0.717, 1.165) is 32.1 Å². The number of hydrogen-bond donors (Lipinski definition) is 0. The monoisotopic (exact) mass is 464 g/mol. The highest BCUT2D eigenvalue weighted by molar-refractivity contribution is 7.91. The van der Waals surface area contributed by atoms with Crippen LogP contribution in [0.4, 0.5) is 0 Å². The Morgan fingerprint density at radius 1 is 0.844 bits per heavy atom. The molecule has 0 radical (unpaired) electrons. The lowest BCUT2D eigenvalue weighted by atomic mass is 10.0. The summed E-state index contributed by atoms with van der Waals surface area (Å²) in [6, 6.07) is 9.06. The molecule has 9 heteroatoms. The lowest BCUT2D eigenvalue weighted by molar-refractivity contribution is -0.140. The number of carbonyl (C=O) groups excluding carboxylic acids is 1. The van der Waals surface area contributed by atoms with Crippen molar-refractivity contribution >= 4 is 15.8 Å². The van der Waals surface area contributed by atoms with Crippen LogP contribution in [0.1, 0.15) is 83.5 Å². The van der Waals surface area contributed by atoms with Gasteiger partial charge in [0.15, 0.2) is 0 Å². The van der Waals surface area contributed by atoms with E-state index < -0.39 is 9.84 Å². The van der Waals surface area contributed by atoms with E-state index in [4.69, 9.17) is 0 Å². The Balaban J connectivity index is 1.50. The Bertz CT molecular complexity index is 884. The summed E-state index contributed by atoms with van der Waals surface area (Å²) in [6.45, 7) is 0. The van der Waals surface area contributed by atoms with Gasteiger partial charge in [-0.2, -0.15) is 4.68 Å². The van der Waals surface area contributed by atoms with Crippen LogP contribution in [0, 0.1) is 0 Å². The van der Waals surface area contributed by atoms with Crippen LogP contribution >= 0.6 is 0 Å². The van der Waals surface area contributed by atoms with Crippen LogP contribution in [0.15, 0.2) is 35.5 Å². The van der Waals surface area contributed by atoms with E-state index in [1.165, 1.54) is 50.3 Å². The Kier molecular flexibility index (Phi) is 11.9. The molecule has 1 aromatic carbocycles. The number of esters is 1. The molecule has 1 heterocycles. The van der Waals surface area contributed by atoms with Gasteiger partial charge in [0, 0.05) is 6.42 Å². The van der Waals surface area contributed by atoms with Gasteiger partial charge in [0.1, 0.15) is 0 Å². The molecule has 1 aromatic heterocycles. The third-order valence-electron chi connectivity index (χ3n) is 5.49. The summed E-state index contributed by atoms with van der Waals surface area (Å²) in [4.78, 5) is 11.0. The van der Waals surface area contributed by atoms with Crippen LogP contribution in [-0.4, -0.2) is 47.5 Å². The molecule has 0 atom stereocenters. The van der Waals surface area contributed by atoms with Crippen molar-refractivity contribution in [3.05, 3.63) is 30.3 Å². The van der Waals surface area contributed by atoms with E-state index in [1.54, 1.807) is 12.1 Å². The highest BCUT2D eigenvalue weighted by Crippen LogP contribution is 2.16.